The number of nitrogens with zero attached hydrogens (tertiary/aromatic N) is 1. The Morgan fingerprint density at radius 3 is 2.79 bits per heavy atom. The van der Waals surface area contributed by atoms with Gasteiger partial charge in [-0.2, -0.15) is 0 Å². The molecule has 146 valence electrons. The van der Waals surface area contributed by atoms with Crippen molar-refractivity contribution in [1.82, 2.24) is 10.3 Å². The van der Waals surface area contributed by atoms with Gasteiger partial charge in [0.2, 0.25) is 0 Å². The molecule has 0 aliphatic carbocycles. The summed E-state index contributed by atoms with van der Waals surface area (Å²) >= 11 is 6.20. The third kappa shape index (κ3) is 3.94. The maximum atomic E-state index is 11.9. The van der Waals surface area contributed by atoms with Crippen LogP contribution in [-0.4, -0.2) is 27.6 Å². The number of thioether (sulfide) groups is 1. The second kappa shape index (κ2) is 7.81. The Labute approximate surface area is 176 Å². The van der Waals surface area contributed by atoms with Gasteiger partial charge in [0.1, 0.15) is 21.4 Å². The molecule has 0 atom stereocenters. The zero-order chi connectivity index (χ0) is 20.5. The van der Waals surface area contributed by atoms with Crippen molar-refractivity contribution in [2.24, 2.45) is 0 Å². The Morgan fingerprint density at radius 2 is 2.10 bits per heavy atom. The maximum absolute atomic E-state index is 11.9. The molecule has 3 heterocycles. The number of pyridine rings is 1. The Morgan fingerprint density at radius 1 is 1.28 bits per heavy atom. The van der Waals surface area contributed by atoms with Crippen molar-refractivity contribution >= 4 is 57.5 Å². The van der Waals surface area contributed by atoms with E-state index in [2.05, 4.69) is 10.3 Å². The quantitative estimate of drug-likeness (QED) is 0.365. The molecule has 0 saturated carbocycles. The number of furan rings is 1. The molecule has 1 N–H and O–H groups in total. The van der Waals surface area contributed by atoms with Gasteiger partial charge in [-0.15, -0.1) is 0 Å². The summed E-state index contributed by atoms with van der Waals surface area (Å²) in [6, 6.07) is 7.19. The third-order valence-electron chi connectivity index (χ3n) is 4.17. The molecule has 3 aromatic rings. The fourth-order valence-electron chi connectivity index (χ4n) is 2.98. The number of carbonyl (C=O) groups is 2. The molecule has 1 saturated heterocycles. The number of carbonyl (C=O) groups excluding carboxylic acids is 2. The van der Waals surface area contributed by atoms with E-state index in [1.807, 2.05) is 26.0 Å². The maximum Gasteiger partial charge on any atom is 0.263 e. The molecule has 0 radical (unpaired) electrons. The smallest absolute Gasteiger partial charge is 0.263 e. The molecule has 0 bridgehead atoms. The molecule has 1 amide bonds. The minimum atomic E-state index is -0.241. The summed E-state index contributed by atoms with van der Waals surface area (Å²) in [6.07, 6.45) is 5.75. The minimum absolute atomic E-state index is 0.0381. The van der Waals surface area contributed by atoms with Crippen molar-refractivity contribution in [3.05, 3.63) is 52.9 Å². The van der Waals surface area contributed by atoms with E-state index in [1.165, 1.54) is 11.8 Å². The lowest BCUT2D eigenvalue weighted by Crippen LogP contribution is -2.17. The molecule has 4 rings (SSSR count). The molecule has 0 spiro atoms. The lowest BCUT2D eigenvalue weighted by atomic mass is 10.0. The number of thiocarbonyl (C=S) groups is 1. The van der Waals surface area contributed by atoms with Crippen LogP contribution in [0.4, 0.5) is 0 Å². The standard InChI is InChI=1S/C21H16N2O4S2/c1-11(2)26-17-4-3-12(5-14(17)10-24)16-9-22-8-13-6-15(27-19(13)16)7-18-20(25)23-21(28)29-18/h3-11H,1-2H3,(H,23,25,28)/b18-7-. The monoisotopic (exact) mass is 424 g/mol. The van der Waals surface area contributed by atoms with Crippen LogP contribution < -0.4 is 10.1 Å². The van der Waals surface area contributed by atoms with E-state index in [9.17, 15) is 9.59 Å². The molecule has 6 nitrogen and oxygen atoms in total. The number of aldehydes is 1. The molecule has 2 aromatic heterocycles. The predicted molar refractivity (Wildman–Crippen MR) is 117 cm³/mol. The summed E-state index contributed by atoms with van der Waals surface area (Å²) in [4.78, 5) is 28.2. The first-order chi connectivity index (χ1) is 13.9. The fourth-order valence-corrected chi connectivity index (χ4v) is 4.00. The number of fused-ring (bicyclic) bond motifs is 1. The number of hydrogen-bond acceptors (Lipinski definition) is 7. The fraction of sp³-hybridized carbons (Fsp3) is 0.143. The number of nitrogens with one attached hydrogen (secondary N) is 1. The number of ether oxygens (including phenoxy) is 1. The highest BCUT2D eigenvalue weighted by Crippen LogP contribution is 2.34. The Bertz CT molecular complexity index is 1180. The number of aromatic nitrogens is 1. The topological polar surface area (TPSA) is 81.4 Å². The second-order valence-corrected chi connectivity index (χ2v) is 8.36. The largest absolute Gasteiger partial charge is 0.490 e. The van der Waals surface area contributed by atoms with Crippen molar-refractivity contribution in [2.75, 3.05) is 0 Å². The van der Waals surface area contributed by atoms with Crippen LogP contribution in [0.2, 0.25) is 0 Å². The van der Waals surface area contributed by atoms with Crippen LogP contribution in [0.5, 0.6) is 5.75 Å². The van der Waals surface area contributed by atoms with Crippen molar-refractivity contribution < 1.29 is 18.7 Å². The molecule has 8 heteroatoms. The average molecular weight is 425 g/mol. The first-order valence-corrected chi connectivity index (χ1v) is 10.1. The highest BCUT2D eigenvalue weighted by Gasteiger charge is 2.23. The lowest BCUT2D eigenvalue weighted by Gasteiger charge is -2.12. The van der Waals surface area contributed by atoms with E-state index >= 15 is 0 Å². The van der Waals surface area contributed by atoms with Crippen molar-refractivity contribution in [3.8, 4) is 16.9 Å². The zero-order valence-corrected chi connectivity index (χ0v) is 17.2. The SMILES string of the molecule is CC(C)Oc1ccc(-c2cncc3cc(/C=C4\SC(=S)NC4=O)oc23)cc1C=O. The Kier molecular flexibility index (Phi) is 5.21. The van der Waals surface area contributed by atoms with E-state index in [1.54, 1.807) is 30.6 Å². The van der Waals surface area contributed by atoms with Gasteiger partial charge in [-0.3, -0.25) is 14.6 Å². The van der Waals surface area contributed by atoms with Gasteiger partial charge < -0.3 is 14.5 Å². The second-order valence-electron chi connectivity index (χ2n) is 6.64. The molecular formula is C21H16N2O4S2. The zero-order valence-electron chi connectivity index (χ0n) is 15.6. The summed E-state index contributed by atoms with van der Waals surface area (Å²) in [5.74, 6) is 0.811. The van der Waals surface area contributed by atoms with Gasteiger partial charge in [0, 0.05) is 29.4 Å². The van der Waals surface area contributed by atoms with E-state index < -0.39 is 0 Å². The minimum Gasteiger partial charge on any atom is -0.490 e. The Hall–Kier alpha value is -2.97. The molecule has 0 unspecified atom stereocenters. The summed E-state index contributed by atoms with van der Waals surface area (Å²) < 4.78 is 12.1. The van der Waals surface area contributed by atoms with Crippen LogP contribution in [0, 0.1) is 0 Å². The summed E-state index contributed by atoms with van der Waals surface area (Å²) in [6.45, 7) is 3.81. The number of hydrogen-bond donors (Lipinski definition) is 1. The summed E-state index contributed by atoms with van der Waals surface area (Å²) in [7, 11) is 0. The molecular weight excluding hydrogens is 408 g/mol. The van der Waals surface area contributed by atoms with Crippen molar-refractivity contribution in [2.45, 2.75) is 20.0 Å². The first kappa shape index (κ1) is 19.4. The van der Waals surface area contributed by atoms with Crippen molar-refractivity contribution in [3.63, 3.8) is 0 Å². The van der Waals surface area contributed by atoms with Gasteiger partial charge in [-0.25, -0.2) is 0 Å². The number of amides is 1. The number of benzene rings is 1. The predicted octanol–water partition coefficient (Wildman–Crippen LogP) is 4.58. The van der Waals surface area contributed by atoms with E-state index in [-0.39, 0.29) is 12.0 Å². The van der Waals surface area contributed by atoms with Gasteiger partial charge in [0.15, 0.2) is 6.29 Å². The average Bonchev–Trinajstić information content (AvgIpc) is 3.23. The van der Waals surface area contributed by atoms with Crippen LogP contribution in [0.15, 0.2) is 46.0 Å². The Balaban J connectivity index is 1.76. The third-order valence-corrected chi connectivity index (χ3v) is 5.33. The normalized spacial score (nSPS) is 15.3. The highest BCUT2D eigenvalue weighted by atomic mass is 32.2. The van der Waals surface area contributed by atoms with Gasteiger partial charge in [0.05, 0.1) is 16.6 Å². The molecule has 1 aliphatic rings. The summed E-state index contributed by atoms with van der Waals surface area (Å²) in [5.41, 5.74) is 2.59. The first-order valence-electron chi connectivity index (χ1n) is 8.83. The number of rotatable bonds is 5. The lowest BCUT2D eigenvalue weighted by molar-refractivity contribution is -0.115. The van der Waals surface area contributed by atoms with E-state index in [4.69, 9.17) is 21.4 Å². The van der Waals surface area contributed by atoms with E-state index in [0.717, 1.165) is 22.8 Å². The van der Waals surface area contributed by atoms with Crippen LogP contribution >= 0.6 is 24.0 Å². The van der Waals surface area contributed by atoms with E-state index in [0.29, 0.717) is 31.9 Å². The van der Waals surface area contributed by atoms with Crippen molar-refractivity contribution in [1.29, 1.82) is 0 Å². The van der Waals surface area contributed by atoms with Gasteiger partial charge >= 0.3 is 0 Å². The molecule has 1 aliphatic heterocycles. The highest BCUT2D eigenvalue weighted by molar-refractivity contribution is 8.26. The van der Waals surface area contributed by atoms with Gasteiger partial charge in [-0.05, 0) is 37.6 Å². The van der Waals surface area contributed by atoms with Crippen LogP contribution in [-0.2, 0) is 4.79 Å². The molecule has 1 fully saturated rings. The molecule has 1 aromatic carbocycles. The summed E-state index contributed by atoms with van der Waals surface area (Å²) in [5, 5.41) is 3.37. The van der Waals surface area contributed by atoms with Gasteiger partial charge in [0.25, 0.3) is 5.91 Å². The van der Waals surface area contributed by atoms with Crippen LogP contribution in [0.3, 0.4) is 0 Å². The molecule has 29 heavy (non-hydrogen) atoms. The van der Waals surface area contributed by atoms with Crippen LogP contribution in [0.1, 0.15) is 30.0 Å². The van der Waals surface area contributed by atoms with Crippen LogP contribution in [0.25, 0.3) is 28.2 Å². The van der Waals surface area contributed by atoms with Gasteiger partial charge in [-0.1, -0.05) is 30.0 Å².